The Bertz CT molecular complexity index is 502. The minimum absolute atomic E-state index is 0.126. The number of hydrogen-bond acceptors (Lipinski definition) is 4. The average molecular weight is 233 g/mol. The predicted molar refractivity (Wildman–Crippen MR) is 60.6 cm³/mol. The van der Waals surface area contributed by atoms with Crippen LogP contribution in [0, 0.1) is 0 Å². The van der Waals surface area contributed by atoms with Crippen LogP contribution < -0.4 is 9.84 Å². The lowest BCUT2D eigenvalue weighted by atomic mass is 10.1. The lowest BCUT2D eigenvalue weighted by Gasteiger charge is -2.06. The molecule has 0 aliphatic rings. The summed E-state index contributed by atoms with van der Waals surface area (Å²) >= 11 is 1.12. The predicted octanol–water partition coefficient (Wildman–Crippen LogP) is 1.79. The van der Waals surface area contributed by atoms with Crippen LogP contribution in [-0.4, -0.2) is 13.1 Å². The number of carbonyl (C=O) groups is 1. The fraction of sp³-hybridized carbons (Fsp3) is 0.0833. The molecular weight excluding hydrogens is 224 g/mol. The van der Waals surface area contributed by atoms with Crippen LogP contribution in [0.1, 0.15) is 9.67 Å². The van der Waals surface area contributed by atoms with E-state index in [1.165, 1.54) is 7.11 Å². The first-order valence-electron chi connectivity index (χ1n) is 4.66. The normalized spacial score (nSPS) is 10.1. The van der Waals surface area contributed by atoms with Crippen molar-refractivity contribution in [3.63, 3.8) is 0 Å². The van der Waals surface area contributed by atoms with Gasteiger partial charge in [0.25, 0.3) is 0 Å². The van der Waals surface area contributed by atoms with Gasteiger partial charge in [0.1, 0.15) is 5.75 Å². The number of carboxylic acids is 1. The number of ether oxygens (including phenoxy) is 1. The number of methoxy groups -OCH3 is 1. The van der Waals surface area contributed by atoms with E-state index in [1.807, 2.05) is 30.3 Å². The Balaban J connectivity index is 2.54. The molecule has 16 heavy (non-hydrogen) atoms. The Morgan fingerprint density at radius 1 is 1.31 bits per heavy atom. The average Bonchev–Trinajstić information content (AvgIpc) is 2.73. The van der Waals surface area contributed by atoms with Crippen molar-refractivity contribution in [3.05, 3.63) is 40.6 Å². The highest BCUT2D eigenvalue weighted by Gasteiger charge is 2.14. The van der Waals surface area contributed by atoms with E-state index >= 15 is 0 Å². The number of rotatable bonds is 3. The molecule has 0 aliphatic carbocycles. The zero-order valence-electron chi connectivity index (χ0n) is 8.60. The Labute approximate surface area is 96.9 Å². The van der Waals surface area contributed by atoms with Gasteiger partial charge in [-0.2, -0.15) is 0 Å². The number of thiophene rings is 1. The third-order valence-electron chi connectivity index (χ3n) is 2.22. The molecule has 0 saturated carbocycles. The quantitative estimate of drug-likeness (QED) is 0.812. The van der Waals surface area contributed by atoms with Gasteiger partial charge < -0.3 is 14.6 Å². The van der Waals surface area contributed by atoms with E-state index in [0.717, 1.165) is 22.5 Å². The van der Waals surface area contributed by atoms with Gasteiger partial charge in [0.2, 0.25) is 0 Å². The highest BCUT2D eigenvalue weighted by atomic mass is 32.1. The molecule has 0 radical (unpaired) electrons. The Morgan fingerprint density at radius 3 is 2.56 bits per heavy atom. The van der Waals surface area contributed by atoms with E-state index < -0.39 is 5.97 Å². The molecule has 2 aromatic rings. The van der Waals surface area contributed by atoms with Crippen LogP contribution in [0.25, 0.3) is 11.1 Å². The molecule has 0 atom stereocenters. The van der Waals surface area contributed by atoms with Crippen LogP contribution in [0.2, 0.25) is 0 Å². The fourth-order valence-electron chi connectivity index (χ4n) is 1.51. The Morgan fingerprint density at radius 2 is 2.00 bits per heavy atom. The van der Waals surface area contributed by atoms with Crippen LogP contribution in [0.3, 0.4) is 0 Å². The summed E-state index contributed by atoms with van der Waals surface area (Å²) in [4.78, 5) is 11.0. The van der Waals surface area contributed by atoms with Crippen molar-refractivity contribution in [2.45, 2.75) is 0 Å². The fourth-order valence-corrected chi connectivity index (χ4v) is 2.38. The lowest BCUT2D eigenvalue weighted by molar-refractivity contribution is -0.254. The van der Waals surface area contributed by atoms with Crippen molar-refractivity contribution >= 4 is 17.3 Å². The summed E-state index contributed by atoms with van der Waals surface area (Å²) in [6.45, 7) is 0. The Hall–Kier alpha value is -1.81. The van der Waals surface area contributed by atoms with Gasteiger partial charge >= 0.3 is 0 Å². The van der Waals surface area contributed by atoms with Gasteiger partial charge in [-0.05, 0) is 5.56 Å². The van der Waals surface area contributed by atoms with Crippen molar-refractivity contribution in [2.24, 2.45) is 0 Å². The zero-order valence-corrected chi connectivity index (χ0v) is 9.41. The molecule has 3 nitrogen and oxygen atoms in total. The first kappa shape index (κ1) is 10.7. The van der Waals surface area contributed by atoms with Gasteiger partial charge in [-0.1, -0.05) is 30.3 Å². The van der Waals surface area contributed by atoms with Crippen LogP contribution in [0.4, 0.5) is 0 Å². The molecule has 2 rings (SSSR count). The standard InChI is InChI=1S/C12H10O3S/c1-15-10-9(7-16-11(10)12(13)14)8-5-3-2-4-6-8/h2-7H,1H3,(H,13,14)/p-1. The van der Waals surface area contributed by atoms with Crippen molar-refractivity contribution < 1.29 is 14.6 Å². The topological polar surface area (TPSA) is 49.4 Å². The monoisotopic (exact) mass is 233 g/mol. The van der Waals surface area contributed by atoms with Gasteiger partial charge in [0, 0.05) is 10.9 Å². The second-order valence-corrected chi connectivity index (χ2v) is 4.04. The Kier molecular flexibility index (Phi) is 2.92. The molecule has 0 bridgehead atoms. The van der Waals surface area contributed by atoms with E-state index in [1.54, 1.807) is 5.38 Å². The summed E-state index contributed by atoms with van der Waals surface area (Å²) in [7, 11) is 1.46. The van der Waals surface area contributed by atoms with E-state index in [0.29, 0.717) is 5.75 Å². The van der Waals surface area contributed by atoms with Crippen molar-refractivity contribution in [3.8, 4) is 16.9 Å². The molecule has 0 N–H and O–H groups in total. The maximum atomic E-state index is 10.8. The van der Waals surface area contributed by atoms with E-state index in [2.05, 4.69) is 0 Å². The van der Waals surface area contributed by atoms with E-state index in [4.69, 9.17) is 4.74 Å². The molecule has 0 amide bonds. The minimum Gasteiger partial charge on any atom is -0.544 e. The molecule has 1 heterocycles. The highest BCUT2D eigenvalue weighted by molar-refractivity contribution is 7.12. The first-order chi connectivity index (χ1) is 7.74. The van der Waals surface area contributed by atoms with Crippen LogP contribution in [0.5, 0.6) is 5.75 Å². The second kappa shape index (κ2) is 4.37. The minimum atomic E-state index is -1.20. The van der Waals surface area contributed by atoms with Crippen LogP contribution in [-0.2, 0) is 0 Å². The SMILES string of the molecule is COc1c(-c2ccccc2)csc1C(=O)[O-]. The second-order valence-electron chi connectivity index (χ2n) is 3.17. The molecule has 0 fully saturated rings. The van der Waals surface area contributed by atoms with Crippen LogP contribution >= 0.6 is 11.3 Å². The zero-order chi connectivity index (χ0) is 11.5. The van der Waals surface area contributed by atoms with Crippen molar-refractivity contribution in [2.75, 3.05) is 7.11 Å². The molecule has 4 heteroatoms. The highest BCUT2D eigenvalue weighted by Crippen LogP contribution is 2.37. The molecule has 82 valence electrons. The largest absolute Gasteiger partial charge is 0.544 e. The number of aromatic carboxylic acids is 1. The van der Waals surface area contributed by atoms with Gasteiger partial charge in [0.05, 0.1) is 18.0 Å². The summed E-state index contributed by atoms with van der Waals surface area (Å²) < 4.78 is 5.12. The van der Waals surface area contributed by atoms with Crippen LogP contribution in [0.15, 0.2) is 35.7 Å². The number of benzene rings is 1. The maximum absolute atomic E-state index is 10.8. The van der Waals surface area contributed by atoms with Gasteiger partial charge in [0.15, 0.2) is 0 Å². The smallest absolute Gasteiger partial charge is 0.146 e. The van der Waals surface area contributed by atoms with Gasteiger partial charge in [-0.25, -0.2) is 0 Å². The van der Waals surface area contributed by atoms with Gasteiger partial charge in [-0.15, -0.1) is 11.3 Å². The summed E-state index contributed by atoms with van der Waals surface area (Å²) in [6, 6.07) is 9.51. The number of carbonyl (C=O) groups excluding carboxylic acids is 1. The molecule has 0 saturated heterocycles. The van der Waals surface area contributed by atoms with E-state index in [-0.39, 0.29) is 4.88 Å². The summed E-state index contributed by atoms with van der Waals surface area (Å²) in [5, 5.41) is 12.6. The van der Waals surface area contributed by atoms with Gasteiger partial charge in [-0.3, -0.25) is 0 Å². The molecule has 1 aromatic carbocycles. The molecule has 0 spiro atoms. The lowest BCUT2D eigenvalue weighted by Crippen LogP contribution is -2.21. The summed E-state index contributed by atoms with van der Waals surface area (Å²) in [5.41, 5.74) is 1.72. The molecule has 0 unspecified atom stereocenters. The molecule has 0 aliphatic heterocycles. The summed E-state index contributed by atoms with van der Waals surface area (Å²) in [6.07, 6.45) is 0. The number of carboxylic acid groups (broad SMARTS) is 1. The maximum Gasteiger partial charge on any atom is 0.146 e. The third kappa shape index (κ3) is 1.79. The third-order valence-corrected chi connectivity index (χ3v) is 3.16. The number of hydrogen-bond donors (Lipinski definition) is 0. The first-order valence-corrected chi connectivity index (χ1v) is 5.54. The summed E-state index contributed by atoms with van der Waals surface area (Å²) in [5.74, 6) is -0.833. The molecular formula is C12H9O3S-. The molecule has 1 aromatic heterocycles. The van der Waals surface area contributed by atoms with Crippen molar-refractivity contribution in [1.82, 2.24) is 0 Å². The van der Waals surface area contributed by atoms with Crippen molar-refractivity contribution in [1.29, 1.82) is 0 Å². The van der Waals surface area contributed by atoms with E-state index in [9.17, 15) is 9.90 Å².